The van der Waals surface area contributed by atoms with Gasteiger partial charge in [0, 0.05) is 11.4 Å². The van der Waals surface area contributed by atoms with E-state index in [1.807, 2.05) is 48.5 Å². The molecule has 7 heteroatoms. The molecule has 0 saturated heterocycles. The molecule has 3 rings (SSSR count). The van der Waals surface area contributed by atoms with Crippen LogP contribution in [-0.2, 0) is 19.1 Å². The highest BCUT2D eigenvalue weighted by Crippen LogP contribution is 2.40. The summed E-state index contributed by atoms with van der Waals surface area (Å²) in [5.74, 6) is -1.28. The third-order valence-corrected chi connectivity index (χ3v) is 5.49. The Hall–Kier alpha value is -4.31. The number of methoxy groups -OCH3 is 1. The first-order valence-corrected chi connectivity index (χ1v) is 11.2. The summed E-state index contributed by atoms with van der Waals surface area (Å²) in [5, 5.41) is 11.9. The minimum Gasteiger partial charge on any atom is -0.497 e. The van der Waals surface area contributed by atoms with Gasteiger partial charge in [-0.15, -0.1) is 0 Å². The molecule has 1 unspecified atom stereocenters. The van der Waals surface area contributed by atoms with Crippen LogP contribution in [0.25, 0.3) is 6.08 Å². The number of nitrogens with one attached hydrogen (secondary N) is 1. The van der Waals surface area contributed by atoms with Gasteiger partial charge in [0.2, 0.25) is 0 Å². The number of rotatable bonds is 9. The maximum absolute atomic E-state index is 13.3. The Bertz CT molecular complexity index is 1210. The Labute approximate surface area is 205 Å². The maximum Gasteiger partial charge on any atom is 0.337 e. The van der Waals surface area contributed by atoms with Gasteiger partial charge in [-0.2, -0.15) is 5.26 Å². The summed E-state index contributed by atoms with van der Waals surface area (Å²) in [6.45, 7) is 3.55. The van der Waals surface area contributed by atoms with E-state index in [2.05, 4.69) is 5.32 Å². The van der Waals surface area contributed by atoms with Crippen LogP contribution < -0.4 is 10.1 Å². The van der Waals surface area contributed by atoms with Crippen molar-refractivity contribution in [1.82, 2.24) is 5.32 Å². The summed E-state index contributed by atoms with van der Waals surface area (Å²) in [6.07, 6.45) is 3.71. The van der Waals surface area contributed by atoms with E-state index < -0.39 is 17.9 Å². The Kier molecular flexibility index (Phi) is 8.85. The minimum absolute atomic E-state index is 0.0380. The molecular formula is C28H28N2O5. The Morgan fingerprint density at radius 2 is 1.69 bits per heavy atom. The van der Waals surface area contributed by atoms with Gasteiger partial charge in [0.1, 0.15) is 19.0 Å². The van der Waals surface area contributed by atoms with E-state index in [-0.39, 0.29) is 25.2 Å². The molecule has 35 heavy (non-hydrogen) atoms. The number of hydrogen-bond acceptors (Lipinski definition) is 7. The molecule has 1 atom stereocenters. The van der Waals surface area contributed by atoms with Crippen molar-refractivity contribution in [3.8, 4) is 11.8 Å². The lowest BCUT2D eigenvalue weighted by Gasteiger charge is -2.30. The standard InChI is InChI=1S/C28H28N2O5/c1-19-24(27(31)34-16-8-12-21-10-5-4-6-11-21)26(22-13-7-14-23(18-22)33-3)25(20(2)30-19)28(32)35-17-9-15-29/h4-8,10-14,18,26,30H,9,16-17H2,1-3H3/b12-8+. The molecule has 180 valence electrons. The smallest absolute Gasteiger partial charge is 0.337 e. The first-order chi connectivity index (χ1) is 17.0. The molecule has 0 fully saturated rings. The number of carbonyl (C=O) groups is 2. The highest BCUT2D eigenvalue weighted by Gasteiger charge is 2.38. The van der Waals surface area contributed by atoms with Crippen LogP contribution in [0.2, 0.25) is 0 Å². The topological polar surface area (TPSA) is 97.7 Å². The summed E-state index contributed by atoms with van der Waals surface area (Å²) < 4.78 is 16.3. The van der Waals surface area contributed by atoms with E-state index in [1.54, 1.807) is 45.2 Å². The molecule has 2 aromatic rings. The zero-order valence-corrected chi connectivity index (χ0v) is 20.0. The quantitative estimate of drug-likeness (QED) is 0.419. The molecule has 1 heterocycles. The SMILES string of the molecule is COc1cccc(C2C(C(=O)OC/C=C/c3ccccc3)=C(C)NC(C)=C2C(=O)OCCC#N)c1. The van der Waals surface area contributed by atoms with Gasteiger partial charge in [-0.3, -0.25) is 0 Å². The summed E-state index contributed by atoms with van der Waals surface area (Å²) in [6, 6.07) is 18.8. The van der Waals surface area contributed by atoms with E-state index >= 15 is 0 Å². The van der Waals surface area contributed by atoms with Gasteiger partial charge >= 0.3 is 11.9 Å². The van der Waals surface area contributed by atoms with Gasteiger partial charge in [-0.25, -0.2) is 9.59 Å². The minimum atomic E-state index is -0.730. The van der Waals surface area contributed by atoms with Gasteiger partial charge in [-0.1, -0.05) is 48.5 Å². The molecule has 2 aromatic carbocycles. The second-order valence-electron chi connectivity index (χ2n) is 7.87. The van der Waals surface area contributed by atoms with Gasteiger partial charge < -0.3 is 19.5 Å². The van der Waals surface area contributed by atoms with E-state index in [1.165, 1.54) is 0 Å². The number of esters is 2. The fraction of sp³-hybridized carbons (Fsp3) is 0.250. The number of allylic oxidation sites excluding steroid dienone is 2. The van der Waals surface area contributed by atoms with Crippen molar-refractivity contribution < 1.29 is 23.8 Å². The van der Waals surface area contributed by atoms with Crippen LogP contribution in [0.5, 0.6) is 5.75 Å². The lowest BCUT2D eigenvalue weighted by molar-refractivity contribution is -0.139. The van der Waals surface area contributed by atoms with Crippen LogP contribution in [0.3, 0.4) is 0 Å². The van der Waals surface area contributed by atoms with E-state index in [9.17, 15) is 9.59 Å². The molecule has 7 nitrogen and oxygen atoms in total. The predicted octanol–water partition coefficient (Wildman–Crippen LogP) is 4.64. The van der Waals surface area contributed by atoms with Gasteiger partial charge in [0.25, 0.3) is 0 Å². The van der Waals surface area contributed by atoms with Gasteiger partial charge in [-0.05, 0) is 43.2 Å². The van der Waals surface area contributed by atoms with Crippen LogP contribution in [-0.4, -0.2) is 32.3 Å². The van der Waals surface area contributed by atoms with Crippen LogP contribution in [0.1, 0.15) is 37.3 Å². The third kappa shape index (κ3) is 6.39. The molecular weight excluding hydrogens is 444 g/mol. The average molecular weight is 473 g/mol. The average Bonchev–Trinajstić information content (AvgIpc) is 2.86. The highest BCUT2D eigenvalue weighted by atomic mass is 16.5. The normalized spacial score (nSPS) is 15.4. The number of hydrogen-bond donors (Lipinski definition) is 1. The van der Waals surface area contributed by atoms with Gasteiger partial charge in [0.05, 0.1) is 36.7 Å². The van der Waals surface area contributed by atoms with Crippen LogP contribution in [0.15, 0.2) is 83.2 Å². The number of ether oxygens (including phenoxy) is 3. The second kappa shape index (κ2) is 12.2. The van der Waals surface area contributed by atoms with E-state index in [0.717, 1.165) is 5.56 Å². The zero-order valence-electron chi connectivity index (χ0n) is 20.0. The number of dihydropyridines is 1. The van der Waals surface area contributed by atoms with Crippen LogP contribution in [0.4, 0.5) is 0 Å². The van der Waals surface area contributed by atoms with Crippen molar-refractivity contribution in [3.05, 3.63) is 94.3 Å². The zero-order chi connectivity index (χ0) is 25.2. The molecule has 0 aromatic heterocycles. The first kappa shape index (κ1) is 25.3. The lowest BCUT2D eigenvalue weighted by Crippen LogP contribution is -2.32. The maximum atomic E-state index is 13.3. The lowest BCUT2D eigenvalue weighted by atomic mass is 9.80. The summed E-state index contributed by atoms with van der Waals surface area (Å²) >= 11 is 0. The number of nitriles is 1. The molecule has 1 aliphatic heterocycles. The highest BCUT2D eigenvalue weighted by molar-refractivity contribution is 6.00. The van der Waals surface area contributed by atoms with Crippen molar-refractivity contribution in [1.29, 1.82) is 5.26 Å². The number of nitrogens with zero attached hydrogens (tertiary/aromatic N) is 1. The molecule has 0 radical (unpaired) electrons. The summed E-state index contributed by atoms with van der Waals surface area (Å²) in [7, 11) is 1.55. The van der Waals surface area contributed by atoms with Gasteiger partial charge in [0.15, 0.2) is 0 Å². The molecule has 0 bridgehead atoms. The first-order valence-electron chi connectivity index (χ1n) is 11.2. The Morgan fingerprint density at radius 1 is 1.00 bits per heavy atom. The van der Waals surface area contributed by atoms with Crippen molar-refractivity contribution in [2.75, 3.05) is 20.3 Å². The molecule has 0 spiro atoms. The van der Waals surface area contributed by atoms with Crippen molar-refractivity contribution >= 4 is 18.0 Å². The van der Waals surface area contributed by atoms with Crippen molar-refractivity contribution in [3.63, 3.8) is 0 Å². The van der Waals surface area contributed by atoms with E-state index in [4.69, 9.17) is 19.5 Å². The van der Waals surface area contributed by atoms with Crippen LogP contribution >= 0.6 is 0 Å². The van der Waals surface area contributed by atoms with Crippen molar-refractivity contribution in [2.24, 2.45) is 0 Å². The summed E-state index contributed by atoms with van der Waals surface area (Å²) in [4.78, 5) is 26.4. The molecule has 0 amide bonds. The number of benzene rings is 2. The van der Waals surface area contributed by atoms with E-state index in [0.29, 0.717) is 28.3 Å². The molecule has 0 saturated carbocycles. The molecule has 1 N–H and O–H groups in total. The molecule has 1 aliphatic rings. The molecule has 0 aliphatic carbocycles. The monoisotopic (exact) mass is 472 g/mol. The Balaban J connectivity index is 1.91. The van der Waals surface area contributed by atoms with Crippen molar-refractivity contribution in [2.45, 2.75) is 26.2 Å². The fourth-order valence-corrected chi connectivity index (χ4v) is 3.91. The Morgan fingerprint density at radius 3 is 2.34 bits per heavy atom. The second-order valence-corrected chi connectivity index (χ2v) is 7.87. The third-order valence-electron chi connectivity index (χ3n) is 5.49. The fourth-order valence-electron chi connectivity index (χ4n) is 3.91. The van der Waals surface area contributed by atoms with Crippen LogP contribution in [0, 0.1) is 11.3 Å². The predicted molar refractivity (Wildman–Crippen MR) is 132 cm³/mol. The summed E-state index contributed by atoms with van der Waals surface area (Å²) in [5.41, 5.74) is 3.42. The largest absolute Gasteiger partial charge is 0.497 e. The number of carbonyl (C=O) groups excluding carboxylic acids is 2.